The number of ether oxygens (including phenoxy) is 1. The van der Waals surface area contributed by atoms with E-state index in [1.807, 2.05) is 48.1 Å². The Kier molecular flexibility index (Phi) is 4.62. The zero-order valence-corrected chi connectivity index (χ0v) is 21.1. The normalized spacial score (nSPS) is 19.9. The molecule has 4 aromatic rings. The number of imidazole rings is 1. The summed E-state index contributed by atoms with van der Waals surface area (Å²) in [6, 6.07) is 4.30. The van der Waals surface area contributed by atoms with E-state index in [4.69, 9.17) is 14.8 Å². The van der Waals surface area contributed by atoms with E-state index in [-0.39, 0.29) is 11.6 Å². The number of fused-ring (bicyclic) bond motifs is 2. The third-order valence-electron chi connectivity index (χ3n) is 6.98. The molecule has 4 heterocycles. The van der Waals surface area contributed by atoms with E-state index in [2.05, 4.69) is 30.4 Å². The molecule has 9 heteroatoms. The van der Waals surface area contributed by atoms with E-state index in [0.29, 0.717) is 12.5 Å². The first-order valence-electron chi connectivity index (χ1n) is 11.9. The summed E-state index contributed by atoms with van der Waals surface area (Å²) >= 11 is 1.62. The highest BCUT2D eigenvalue weighted by Gasteiger charge is 2.54. The first-order valence-corrected chi connectivity index (χ1v) is 12.7. The number of likely N-dealkylation sites (tertiary alicyclic amines) is 1. The minimum atomic E-state index is -0.471. The molecule has 1 aromatic carbocycles. The molecule has 34 heavy (non-hydrogen) atoms. The smallest absolute Gasteiger partial charge is 0.410 e. The van der Waals surface area contributed by atoms with Gasteiger partial charge in [-0.2, -0.15) is 10.2 Å². The Labute approximate surface area is 202 Å². The van der Waals surface area contributed by atoms with Crippen LogP contribution in [0.15, 0.2) is 24.5 Å². The summed E-state index contributed by atoms with van der Waals surface area (Å²) in [5.74, 6) is 0.340. The summed E-state index contributed by atoms with van der Waals surface area (Å²) in [4.78, 5) is 20.6. The summed E-state index contributed by atoms with van der Waals surface area (Å²) in [7, 11) is 1.95. The van der Waals surface area contributed by atoms with Gasteiger partial charge in [-0.3, -0.25) is 4.68 Å². The third kappa shape index (κ3) is 3.66. The molecule has 1 saturated carbocycles. The van der Waals surface area contributed by atoms with Crippen LogP contribution in [-0.4, -0.2) is 53.1 Å². The van der Waals surface area contributed by atoms with Crippen LogP contribution in [-0.2, 0) is 11.8 Å². The predicted octanol–water partition coefficient (Wildman–Crippen LogP) is 5.30. The Morgan fingerprint density at radius 1 is 1.21 bits per heavy atom. The largest absolute Gasteiger partial charge is 0.444 e. The maximum Gasteiger partial charge on any atom is 0.410 e. The number of benzene rings is 1. The number of rotatable bonds is 2. The van der Waals surface area contributed by atoms with Crippen molar-refractivity contribution in [3.05, 3.63) is 35.8 Å². The van der Waals surface area contributed by atoms with Crippen LogP contribution in [0.3, 0.4) is 0 Å². The van der Waals surface area contributed by atoms with Gasteiger partial charge in [0.1, 0.15) is 10.6 Å². The Hall–Kier alpha value is -2.94. The summed E-state index contributed by atoms with van der Waals surface area (Å²) < 4.78 is 9.44. The van der Waals surface area contributed by atoms with Crippen LogP contribution in [0.25, 0.3) is 26.4 Å². The molecule has 6 rings (SSSR count). The topological polar surface area (TPSA) is 77.5 Å². The van der Waals surface area contributed by atoms with Crippen molar-refractivity contribution in [1.29, 1.82) is 0 Å². The molecule has 1 amide bonds. The molecule has 178 valence electrons. The molecule has 1 saturated heterocycles. The number of amides is 1. The van der Waals surface area contributed by atoms with Crippen molar-refractivity contribution >= 4 is 33.3 Å². The lowest BCUT2D eigenvalue weighted by Crippen LogP contribution is -2.49. The molecule has 1 spiro atoms. The first kappa shape index (κ1) is 21.6. The summed E-state index contributed by atoms with van der Waals surface area (Å²) in [5.41, 5.74) is 3.82. The average Bonchev–Trinajstić information content (AvgIpc) is 3.08. The van der Waals surface area contributed by atoms with Crippen LogP contribution in [0.1, 0.15) is 63.6 Å². The monoisotopic (exact) mass is 478 g/mol. The Morgan fingerprint density at radius 3 is 2.71 bits per heavy atom. The van der Waals surface area contributed by atoms with Gasteiger partial charge in [0, 0.05) is 42.2 Å². The number of aromatic nitrogens is 5. The molecule has 1 aliphatic carbocycles. The zero-order chi connectivity index (χ0) is 23.8. The molecular weight excluding hydrogens is 448 g/mol. The molecular formula is C25H30N6O2S. The highest BCUT2D eigenvalue weighted by atomic mass is 32.1. The molecule has 1 atom stereocenters. The predicted molar refractivity (Wildman–Crippen MR) is 132 cm³/mol. The van der Waals surface area contributed by atoms with Gasteiger partial charge >= 0.3 is 6.09 Å². The van der Waals surface area contributed by atoms with Crippen LogP contribution in [0.2, 0.25) is 0 Å². The molecule has 0 unspecified atom stereocenters. The average molecular weight is 479 g/mol. The van der Waals surface area contributed by atoms with Crippen molar-refractivity contribution in [1.82, 2.24) is 29.3 Å². The lowest BCUT2D eigenvalue weighted by molar-refractivity contribution is 0.00358. The van der Waals surface area contributed by atoms with Crippen molar-refractivity contribution in [3.8, 4) is 10.6 Å². The Bertz CT molecular complexity index is 1390. The van der Waals surface area contributed by atoms with E-state index >= 15 is 0 Å². The van der Waals surface area contributed by atoms with Crippen LogP contribution in [0.4, 0.5) is 4.79 Å². The van der Waals surface area contributed by atoms with Crippen molar-refractivity contribution in [2.75, 3.05) is 6.54 Å². The number of piperidine rings is 1. The number of nitrogens with zero attached hydrogens (tertiary/aromatic N) is 6. The van der Waals surface area contributed by atoms with Crippen LogP contribution < -0.4 is 0 Å². The highest BCUT2D eigenvalue weighted by Crippen LogP contribution is 2.52. The standard InChI is InChI=1S/C25H30N6O2S/c1-15-10-17(11-18-13-29(5)27-20(15)18)21-28-31-14-19(26-22(31)34-21)16-6-9-30(25(12-16)7-8-25)23(32)33-24(2,3)4/h10-11,13-14,16H,6-9,12H2,1-5H3/t16-/m0/s1. The Morgan fingerprint density at radius 2 is 2.00 bits per heavy atom. The van der Waals surface area contributed by atoms with Crippen molar-refractivity contribution in [3.63, 3.8) is 0 Å². The van der Waals surface area contributed by atoms with Gasteiger partial charge in [-0.25, -0.2) is 14.3 Å². The van der Waals surface area contributed by atoms with Gasteiger partial charge in [0.05, 0.1) is 17.4 Å². The summed E-state index contributed by atoms with van der Waals surface area (Å²) in [5, 5.41) is 11.5. The van der Waals surface area contributed by atoms with E-state index < -0.39 is 5.60 Å². The van der Waals surface area contributed by atoms with Gasteiger partial charge in [0.2, 0.25) is 4.96 Å². The molecule has 0 radical (unpaired) electrons. The second-order valence-electron chi connectivity index (χ2n) is 10.9. The van der Waals surface area contributed by atoms with Gasteiger partial charge in [-0.15, -0.1) is 0 Å². The maximum absolute atomic E-state index is 12.8. The summed E-state index contributed by atoms with van der Waals surface area (Å²) in [6.07, 6.45) is 7.87. The van der Waals surface area contributed by atoms with Crippen molar-refractivity contribution < 1.29 is 9.53 Å². The molecule has 2 aliphatic rings. The molecule has 0 bridgehead atoms. The lowest BCUT2D eigenvalue weighted by Gasteiger charge is -2.40. The number of hydrogen-bond acceptors (Lipinski definition) is 6. The lowest BCUT2D eigenvalue weighted by atomic mass is 9.87. The van der Waals surface area contributed by atoms with Crippen molar-refractivity contribution in [2.24, 2.45) is 7.05 Å². The van der Waals surface area contributed by atoms with Gasteiger partial charge in [-0.05, 0) is 71.1 Å². The number of carbonyl (C=O) groups excluding carboxylic acids is 1. The number of aryl methyl sites for hydroxylation is 2. The number of carbonyl (C=O) groups is 1. The van der Waals surface area contributed by atoms with Gasteiger partial charge in [0.15, 0.2) is 0 Å². The summed E-state index contributed by atoms with van der Waals surface area (Å²) in [6.45, 7) is 8.58. The van der Waals surface area contributed by atoms with E-state index in [9.17, 15) is 4.79 Å². The van der Waals surface area contributed by atoms with Crippen LogP contribution >= 0.6 is 11.3 Å². The zero-order valence-electron chi connectivity index (χ0n) is 20.3. The molecule has 3 aromatic heterocycles. The van der Waals surface area contributed by atoms with Gasteiger partial charge in [0.25, 0.3) is 0 Å². The van der Waals surface area contributed by atoms with E-state index in [1.165, 1.54) is 0 Å². The number of hydrogen-bond donors (Lipinski definition) is 0. The van der Waals surface area contributed by atoms with Gasteiger partial charge in [-0.1, -0.05) is 11.3 Å². The van der Waals surface area contributed by atoms with Crippen molar-refractivity contribution in [2.45, 2.75) is 70.4 Å². The fraction of sp³-hybridized carbons (Fsp3) is 0.520. The fourth-order valence-electron chi connectivity index (χ4n) is 5.25. The Balaban J connectivity index is 1.23. The quantitative estimate of drug-likeness (QED) is 0.391. The molecule has 8 nitrogen and oxygen atoms in total. The van der Waals surface area contributed by atoms with Crippen LogP contribution in [0, 0.1) is 6.92 Å². The minimum Gasteiger partial charge on any atom is -0.444 e. The first-order chi connectivity index (χ1) is 16.1. The second-order valence-corrected chi connectivity index (χ2v) is 11.8. The second kappa shape index (κ2) is 7.28. The van der Waals surface area contributed by atoms with Crippen LogP contribution in [0.5, 0.6) is 0 Å². The molecule has 2 fully saturated rings. The van der Waals surface area contributed by atoms with Gasteiger partial charge < -0.3 is 9.64 Å². The maximum atomic E-state index is 12.8. The molecule has 0 N–H and O–H groups in total. The highest BCUT2D eigenvalue weighted by molar-refractivity contribution is 7.19. The van der Waals surface area contributed by atoms with E-state index in [1.54, 1.807) is 11.3 Å². The SMILES string of the molecule is Cc1cc(-c2nn3cc([C@H]4CCN(C(=O)OC(C)(C)C)C5(CC5)C4)nc3s2)cc2cn(C)nc12. The minimum absolute atomic E-state index is 0.0580. The molecule has 1 aliphatic heterocycles. The third-order valence-corrected chi connectivity index (χ3v) is 7.95. The van der Waals surface area contributed by atoms with E-state index in [0.717, 1.165) is 63.4 Å². The fourth-order valence-corrected chi connectivity index (χ4v) is 6.12.